The number of ether oxygens (including phenoxy) is 1. The van der Waals surface area contributed by atoms with Gasteiger partial charge in [-0.2, -0.15) is 4.99 Å². The molecule has 0 aromatic heterocycles. The maximum atomic E-state index is 11.4. The van der Waals surface area contributed by atoms with E-state index in [-0.39, 0.29) is 11.1 Å². The highest BCUT2D eigenvalue weighted by atomic mass is 32.2. The quantitative estimate of drug-likeness (QED) is 0.815. The van der Waals surface area contributed by atoms with Crippen LogP contribution in [-0.4, -0.2) is 28.3 Å². The number of aliphatic imine (C=N–C) groups is 1. The molecule has 6 nitrogen and oxygen atoms in total. The average Bonchev–Trinajstić information content (AvgIpc) is 2.70. The van der Waals surface area contributed by atoms with Crippen LogP contribution in [0.4, 0.5) is 0 Å². The molecule has 0 saturated heterocycles. The minimum absolute atomic E-state index is 0.233. The van der Waals surface area contributed by atoms with Crippen molar-refractivity contribution in [2.75, 3.05) is 0 Å². The highest BCUT2D eigenvalue weighted by molar-refractivity contribution is 8.18. The van der Waals surface area contributed by atoms with E-state index in [2.05, 4.69) is 4.99 Å². The molecule has 1 aromatic rings. The summed E-state index contributed by atoms with van der Waals surface area (Å²) in [6, 6.07) is 6.72. The number of carbonyl (C=O) groups is 2. The van der Waals surface area contributed by atoms with Gasteiger partial charge in [0, 0.05) is 0 Å². The van der Waals surface area contributed by atoms with E-state index < -0.39 is 12.1 Å². The van der Waals surface area contributed by atoms with Crippen LogP contribution in [0.2, 0.25) is 0 Å². The first-order valence-corrected chi connectivity index (χ1v) is 6.55. The molecule has 1 atom stereocenters. The van der Waals surface area contributed by atoms with Crippen LogP contribution >= 0.6 is 11.8 Å². The van der Waals surface area contributed by atoms with Crippen LogP contribution in [-0.2, 0) is 9.59 Å². The highest BCUT2D eigenvalue weighted by Crippen LogP contribution is 2.26. The molecule has 1 unspecified atom stereocenters. The van der Waals surface area contributed by atoms with Gasteiger partial charge in [0.1, 0.15) is 5.75 Å². The molecule has 0 spiro atoms. The van der Waals surface area contributed by atoms with Gasteiger partial charge in [0.15, 0.2) is 11.3 Å². The number of aliphatic carboxylic acids is 1. The van der Waals surface area contributed by atoms with Gasteiger partial charge in [0.2, 0.25) is 0 Å². The maximum absolute atomic E-state index is 11.4. The molecule has 1 aromatic carbocycles. The molecule has 104 valence electrons. The molecule has 0 radical (unpaired) electrons. The first-order chi connectivity index (χ1) is 9.45. The molecule has 0 aliphatic carbocycles. The number of amidine groups is 1. The van der Waals surface area contributed by atoms with E-state index >= 15 is 0 Å². The number of carboxylic acid groups (broad SMARTS) is 1. The van der Waals surface area contributed by atoms with Gasteiger partial charge in [-0.1, -0.05) is 12.1 Å². The lowest BCUT2D eigenvalue weighted by Crippen LogP contribution is -2.22. The number of nitrogens with zero attached hydrogens (tertiary/aromatic N) is 1. The number of benzene rings is 1. The van der Waals surface area contributed by atoms with Gasteiger partial charge in [0.25, 0.3) is 5.91 Å². The van der Waals surface area contributed by atoms with Crippen molar-refractivity contribution in [1.82, 2.24) is 0 Å². The number of hydrogen-bond donors (Lipinski definition) is 2. The second-order valence-electron chi connectivity index (χ2n) is 4.03. The second kappa shape index (κ2) is 5.79. The monoisotopic (exact) mass is 292 g/mol. The zero-order valence-electron chi connectivity index (χ0n) is 10.6. The van der Waals surface area contributed by atoms with Crippen LogP contribution < -0.4 is 10.5 Å². The van der Waals surface area contributed by atoms with E-state index in [0.717, 1.165) is 17.3 Å². The Morgan fingerprint density at radius 2 is 2.10 bits per heavy atom. The highest BCUT2D eigenvalue weighted by Gasteiger charge is 2.19. The van der Waals surface area contributed by atoms with Crippen molar-refractivity contribution < 1.29 is 19.4 Å². The fourth-order valence-corrected chi connectivity index (χ4v) is 2.16. The summed E-state index contributed by atoms with van der Waals surface area (Å²) in [6.45, 7) is 1.45. The summed E-state index contributed by atoms with van der Waals surface area (Å²) in [4.78, 5) is 26.2. The predicted molar refractivity (Wildman–Crippen MR) is 76.4 cm³/mol. The summed E-state index contributed by atoms with van der Waals surface area (Å²) in [7, 11) is 0. The smallest absolute Gasteiger partial charge is 0.344 e. The largest absolute Gasteiger partial charge is 0.479 e. The van der Waals surface area contributed by atoms with E-state index in [1.165, 1.54) is 6.92 Å². The average molecular weight is 292 g/mol. The van der Waals surface area contributed by atoms with Crippen LogP contribution in [0.3, 0.4) is 0 Å². The van der Waals surface area contributed by atoms with Crippen molar-refractivity contribution >= 4 is 34.9 Å². The number of amides is 1. The summed E-state index contributed by atoms with van der Waals surface area (Å²) < 4.78 is 5.20. The van der Waals surface area contributed by atoms with E-state index in [4.69, 9.17) is 15.6 Å². The SMILES string of the molecule is CC(Oc1ccc(/C=C2\SC(N)=NC2=O)cc1)C(=O)O. The molecule has 0 fully saturated rings. The standard InChI is InChI=1S/C13H12N2O4S/c1-7(12(17)18)19-9-4-2-8(3-5-9)6-10-11(16)15-13(14)20-10/h2-7H,1H3,(H,17,18)(H2,14,15,16)/b10-6-. The minimum atomic E-state index is -1.03. The Labute approximate surface area is 119 Å². The molecule has 1 aliphatic rings. The third-order valence-electron chi connectivity index (χ3n) is 2.48. The summed E-state index contributed by atoms with van der Waals surface area (Å²) in [6.07, 6.45) is 0.750. The van der Waals surface area contributed by atoms with Crippen molar-refractivity contribution in [3.63, 3.8) is 0 Å². The maximum Gasteiger partial charge on any atom is 0.344 e. The fourth-order valence-electron chi connectivity index (χ4n) is 1.47. The van der Waals surface area contributed by atoms with Gasteiger partial charge in [-0.15, -0.1) is 0 Å². The Kier molecular flexibility index (Phi) is 4.09. The zero-order valence-corrected chi connectivity index (χ0v) is 11.4. The van der Waals surface area contributed by atoms with Crippen LogP contribution in [0, 0.1) is 0 Å². The van der Waals surface area contributed by atoms with Crippen LogP contribution in [0.5, 0.6) is 5.75 Å². The van der Waals surface area contributed by atoms with E-state index in [0.29, 0.717) is 10.7 Å². The van der Waals surface area contributed by atoms with Gasteiger partial charge in [-0.05, 0) is 42.5 Å². The van der Waals surface area contributed by atoms with Crippen LogP contribution in [0.15, 0.2) is 34.2 Å². The zero-order chi connectivity index (χ0) is 14.7. The lowest BCUT2D eigenvalue weighted by atomic mass is 10.2. The number of carbonyl (C=O) groups excluding carboxylic acids is 1. The normalized spacial score (nSPS) is 17.9. The predicted octanol–water partition coefficient (Wildman–Crippen LogP) is 1.47. The molecular weight excluding hydrogens is 280 g/mol. The molecule has 1 amide bonds. The van der Waals surface area contributed by atoms with E-state index in [1.807, 2.05) is 0 Å². The molecule has 7 heteroatoms. The van der Waals surface area contributed by atoms with Crippen LogP contribution in [0.25, 0.3) is 6.08 Å². The lowest BCUT2D eigenvalue weighted by Gasteiger charge is -2.10. The number of nitrogens with two attached hydrogens (primary N) is 1. The van der Waals surface area contributed by atoms with Gasteiger partial charge in [0.05, 0.1) is 4.91 Å². The third kappa shape index (κ3) is 3.39. The molecule has 1 heterocycles. The Morgan fingerprint density at radius 1 is 1.45 bits per heavy atom. The number of thioether (sulfide) groups is 1. The van der Waals surface area contributed by atoms with Crippen LogP contribution in [0.1, 0.15) is 12.5 Å². The van der Waals surface area contributed by atoms with Crippen molar-refractivity contribution in [3.05, 3.63) is 34.7 Å². The summed E-state index contributed by atoms with van der Waals surface area (Å²) in [5, 5.41) is 8.98. The van der Waals surface area contributed by atoms with Gasteiger partial charge < -0.3 is 15.6 Å². The van der Waals surface area contributed by atoms with Gasteiger partial charge in [-0.3, -0.25) is 4.79 Å². The number of hydrogen-bond acceptors (Lipinski definition) is 5. The van der Waals surface area contributed by atoms with Crippen molar-refractivity contribution in [1.29, 1.82) is 0 Å². The molecular formula is C13H12N2O4S. The van der Waals surface area contributed by atoms with Gasteiger partial charge in [-0.25, -0.2) is 4.79 Å². The molecule has 1 aliphatic heterocycles. The Balaban J connectivity index is 2.08. The van der Waals surface area contributed by atoms with Crippen molar-refractivity contribution in [2.45, 2.75) is 13.0 Å². The molecule has 20 heavy (non-hydrogen) atoms. The minimum Gasteiger partial charge on any atom is -0.479 e. The molecule has 0 bridgehead atoms. The Hall–Kier alpha value is -2.28. The van der Waals surface area contributed by atoms with Gasteiger partial charge >= 0.3 is 5.97 Å². The first kappa shape index (κ1) is 14.1. The molecule has 0 saturated carbocycles. The van der Waals surface area contributed by atoms with E-state index in [9.17, 15) is 9.59 Å². The third-order valence-corrected chi connectivity index (χ3v) is 3.29. The Bertz CT molecular complexity index is 607. The Morgan fingerprint density at radius 3 is 2.60 bits per heavy atom. The molecule has 2 rings (SSSR count). The summed E-state index contributed by atoms with van der Waals surface area (Å²) in [5.74, 6) is -0.938. The van der Waals surface area contributed by atoms with Crippen molar-refractivity contribution in [3.8, 4) is 5.75 Å². The lowest BCUT2D eigenvalue weighted by molar-refractivity contribution is -0.144. The topological polar surface area (TPSA) is 102 Å². The number of carboxylic acids is 1. The second-order valence-corrected chi connectivity index (χ2v) is 5.10. The molecule has 3 N–H and O–H groups in total. The first-order valence-electron chi connectivity index (χ1n) is 5.73. The fraction of sp³-hybridized carbons (Fsp3) is 0.154. The summed E-state index contributed by atoms with van der Waals surface area (Å²) >= 11 is 1.12. The summed E-state index contributed by atoms with van der Waals surface area (Å²) in [5.41, 5.74) is 6.23. The number of rotatable bonds is 4. The van der Waals surface area contributed by atoms with E-state index in [1.54, 1.807) is 30.3 Å². The van der Waals surface area contributed by atoms with Crippen molar-refractivity contribution in [2.24, 2.45) is 10.7 Å².